The Kier molecular flexibility index (Phi) is 6.02. The molecule has 0 bridgehead atoms. The van der Waals surface area contributed by atoms with Crippen LogP contribution in [0.3, 0.4) is 0 Å². The smallest absolute Gasteiger partial charge is 0.253 e. The highest BCUT2D eigenvalue weighted by Crippen LogP contribution is 2.42. The van der Waals surface area contributed by atoms with E-state index < -0.39 is 0 Å². The van der Waals surface area contributed by atoms with Gasteiger partial charge in [0, 0.05) is 42.2 Å². The minimum atomic E-state index is -0.183. The number of fused-ring (bicyclic) bond motifs is 1. The molecule has 160 valence electrons. The number of nitrogens with one attached hydrogen (secondary N) is 1. The molecule has 0 aliphatic carbocycles. The standard InChI is InChI=1S/C24H25N3O4/c1-15(2)31-21-7-6-20-19(23(21)16-8-10-26-22(11-16)29-3)12-18(14-30-20)27-24(28)17-5-4-9-25-13-17/h4-11,13,15,18H,12,14H2,1-3H3,(H,27,28)/t18-/m0/s1. The molecule has 0 saturated heterocycles. The Bertz CT molecular complexity index is 1070. The number of methoxy groups -OCH3 is 1. The fourth-order valence-corrected chi connectivity index (χ4v) is 3.64. The Morgan fingerprint density at radius 3 is 2.84 bits per heavy atom. The van der Waals surface area contributed by atoms with Gasteiger partial charge in [0.25, 0.3) is 5.91 Å². The number of hydrogen-bond acceptors (Lipinski definition) is 6. The van der Waals surface area contributed by atoms with E-state index >= 15 is 0 Å². The summed E-state index contributed by atoms with van der Waals surface area (Å²) in [4.78, 5) is 20.9. The highest BCUT2D eigenvalue weighted by molar-refractivity contribution is 5.94. The van der Waals surface area contributed by atoms with E-state index in [0.29, 0.717) is 24.5 Å². The lowest BCUT2D eigenvalue weighted by Gasteiger charge is -2.29. The zero-order chi connectivity index (χ0) is 21.8. The molecule has 0 saturated carbocycles. The van der Waals surface area contributed by atoms with Crippen molar-refractivity contribution in [3.63, 3.8) is 0 Å². The third-order valence-electron chi connectivity index (χ3n) is 4.98. The van der Waals surface area contributed by atoms with Crippen LogP contribution in [0.5, 0.6) is 17.4 Å². The highest BCUT2D eigenvalue weighted by atomic mass is 16.5. The second-order valence-corrected chi connectivity index (χ2v) is 7.60. The van der Waals surface area contributed by atoms with Gasteiger partial charge in [0.15, 0.2) is 0 Å². The average molecular weight is 419 g/mol. The summed E-state index contributed by atoms with van der Waals surface area (Å²) >= 11 is 0. The predicted molar refractivity (Wildman–Crippen MR) is 117 cm³/mol. The molecule has 2 aromatic heterocycles. The van der Waals surface area contributed by atoms with E-state index in [0.717, 1.165) is 28.2 Å². The molecule has 3 aromatic rings. The van der Waals surface area contributed by atoms with Gasteiger partial charge in [-0.05, 0) is 49.7 Å². The van der Waals surface area contributed by atoms with Gasteiger partial charge < -0.3 is 19.5 Å². The van der Waals surface area contributed by atoms with Crippen LogP contribution in [0.15, 0.2) is 55.0 Å². The molecule has 0 unspecified atom stereocenters. The maximum atomic E-state index is 12.6. The number of hydrogen-bond donors (Lipinski definition) is 1. The molecule has 3 heterocycles. The molecule has 0 spiro atoms. The summed E-state index contributed by atoms with van der Waals surface area (Å²) in [7, 11) is 1.59. The maximum absolute atomic E-state index is 12.6. The zero-order valence-electron chi connectivity index (χ0n) is 17.8. The van der Waals surface area contributed by atoms with Crippen LogP contribution in [0, 0.1) is 0 Å². The van der Waals surface area contributed by atoms with Crippen molar-refractivity contribution >= 4 is 5.91 Å². The summed E-state index contributed by atoms with van der Waals surface area (Å²) < 4.78 is 17.4. The first kappa shape index (κ1) is 20.7. The molecular weight excluding hydrogens is 394 g/mol. The van der Waals surface area contributed by atoms with Crippen molar-refractivity contribution in [2.45, 2.75) is 32.4 Å². The number of carbonyl (C=O) groups excluding carboxylic acids is 1. The number of rotatable bonds is 6. The monoisotopic (exact) mass is 419 g/mol. The Hall–Kier alpha value is -3.61. The molecule has 7 nitrogen and oxygen atoms in total. The van der Waals surface area contributed by atoms with Crippen LogP contribution in [0.4, 0.5) is 0 Å². The number of ether oxygens (including phenoxy) is 3. The van der Waals surface area contributed by atoms with Gasteiger partial charge >= 0.3 is 0 Å². The number of aromatic nitrogens is 2. The topological polar surface area (TPSA) is 82.6 Å². The summed E-state index contributed by atoms with van der Waals surface area (Å²) in [6.07, 6.45) is 5.51. The first-order valence-corrected chi connectivity index (χ1v) is 10.2. The van der Waals surface area contributed by atoms with E-state index in [-0.39, 0.29) is 18.1 Å². The van der Waals surface area contributed by atoms with Gasteiger partial charge in [-0.1, -0.05) is 0 Å². The summed E-state index contributed by atoms with van der Waals surface area (Å²) in [6.45, 7) is 4.37. The van der Waals surface area contributed by atoms with E-state index in [9.17, 15) is 4.79 Å². The summed E-state index contributed by atoms with van der Waals surface area (Å²) in [5.74, 6) is 1.88. The van der Waals surface area contributed by atoms with Gasteiger partial charge in [-0.25, -0.2) is 4.98 Å². The van der Waals surface area contributed by atoms with Crippen molar-refractivity contribution in [2.75, 3.05) is 13.7 Å². The maximum Gasteiger partial charge on any atom is 0.253 e. The Balaban J connectivity index is 1.69. The molecule has 1 aliphatic heterocycles. The molecule has 0 radical (unpaired) electrons. The third kappa shape index (κ3) is 4.60. The third-order valence-corrected chi connectivity index (χ3v) is 4.98. The van der Waals surface area contributed by atoms with Gasteiger partial charge in [-0.15, -0.1) is 0 Å². The van der Waals surface area contributed by atoms with E-state index in [4.69, 9.17) is 14.2 Å². The van der Waals surface area contributed by atoms with Crippen molar-refractivity contribution < 1.29 is 19.0 Å². The van der Waals surface area contributed by atoms with E-state index in [2.05, 4.69) is 15.3 Å². The van der Waals surface area contributed by atoms with Crippen molar-refractivity contribution in [1.82, 2.24) is 15.3 Å². The summed E-state index contributed by atoms with van der Waals surface area (Å²) in [5, 5.41) is 3.06. The fraction of sp³-hybridized carbons (Fsp3) is 0.292. The Morgan fingerprint density at radius 1 is 1.23 bits per heavy atom. The van der Waals surface area contributed by atoms with Gasteiger partial charge in [0.1, 0.15) is 18.1 Å². The minimum absolute atomic E-state index is 0.00567. The lowest BCUT2D eigenvalue weighted by molar-refractivity contribution is 0.0915. The number of benzene rings is 1. The molecule has 31 heavy (non-hydrogen) atoms. The van der Waals surface area contributed by atoms with Crippen LogP contribution in [-0.4, -0.2) is 41.7 Å². The Labute approximate surface area is 181 Å². The van der Waals surface area contributed by atoms with Crippen LogP contribution in [0.2, 0.25) is 0 Å². The molecule has 0 fully saturated rings. The molecule has 7 heteroatoms. The molecule has 1 aromatic carbocycles. The first-order chi connectivity index (χ1) is 15.0. The van der Waals surface area contributed by atoms with E-state index in [1.54, 1.807) is 37.8 Å². The fourth-order valence-electron chi connectivity index (χ4n) is 3.64. The zero-order valence-corrected chi connectivity index (χ0v) is 17.8. The minimum Gasteiger partial charge on any atom is -0.491 e. The summed E-state index contributed by atoms with van der Waals surface area (Å²) in [6, 6.07) is 10.9. The lowest BCUT2D eigenvalue weighted by atomic mass is 9.92. The Morgan fingerprint density at radius 2 is 2.10 bits per heavy atom. The lowest BCUT2D eigenvalue weighted by Crippen LogP contribution is -2.43. The number of carbonyl (C=O) groups is 1. The van der Waals surface area contributed by atoms with Crippen molar-refractivity contribution in [2.24, 2.45) is 0 Å². The largest absolute Gasteiger partial charge is 0.491 e. The molecule has 1 N–H and O–H groups in total. The van der Waals surface area contributed by atoms with Crippen LogP contribution >= 0.6 is 0 Å². The highest BCUT2D eigenvalue weighted by Gasteiger charge is 2.27. The molecule has 1 aliphatic rings. The van der Waals surface area contributed by atoms with Crippen LogP contribution in [-0.2, 0) is 6.42 Å². The number of pyridine rings is 2. The van der Waals surface area contributed by atoms with Gasteiger partial charge in [0.2, 0.25) is 5.88 Å². The van der Waals surface area contributed by atoms with Crippen LogP contribution in [0.1, 0.15) is 29.8 Å². The predicted octanol–water partition coefficient (Wildman–Crippen LogP) is 3.67. The molecule has 1 atom stereocenters. The van der Waals surface area contributed by atoms with Crippen LogP contribution < -0.4 is 19.5 Å². The number of nitrogens with zero attached hydrogens (tertiary/aromatic N) is 2. The quantitative estimate of drug-likeness (QED) is 0.656. The van der Waals surface area contributed by atoms with E-state index in [1.807, 2.05) is 38.1 Å². The normalized spacial score (nSPS) is 15.0. The molecule has 4 rings (SSSR count). The summed E-state index contributed by atoms with van der Waals surface area (Å²) in [5.41, 5.74) is 3.34. The second kappa shape index (κ2) is 9.04. The van der Waals surface area contributed by atoms with Crippen molar-refractivity contribution in [3.05, 3.63) is 66.1 Å². The SMILES string of the molecule is COc1cc(-c2c(OC(C)C)ccc3c2C[C@H](NC(=O)c2cccnc2)CO3)ccn1. The van der Waals surface area contributed by atoms with Gasteiger partial charge in [-0.3, -0.25) is 9.78 Å². The second-order valence-electron chi connectivity index (χ2n) is 7.60. The van der Waals surface area contributed by atoms with Crippen molar-refractivity contribution in [1.29, 1.82) is 0 Å². The first-order valence-electron chi connectivity index (χ1n) is 10.2. The van der Waals surface area contributed by atoms with E-state index in [1.165, 1.54) is 0 Å². The van der Waals surface area contributed by atoms with Gasteiger partial charge in [0.05, 0.1) is 24.8 Å². The number of amides is 1. The van der Waals surface area contributed by atoms with Crippen LogP contribution in [0.25, 0.3) is 11.1 Å². The molecular formula is C24H25N3O4. The average Bonchev–Trinajstić information content (AvgIpc) is 2.79. The molecule has 1 amide bonds. The van der Waals surface area contributed by atoms with Gasteiger partial charge in [-0.2, -0.15) is 0 Å². The van der Waals surface area contributed by atoms with Crippen molar-refractivity contribution in [3.8, 4) is 28.5 Å².